The molecule has 0 aliphatic rings. The fraction of sp³-hybridized carbons (Fsp3) is 0.143. The average Bonchev–Trinajstić information content (AvgIpc) is 2.44. The molecule has 0 aliphatic heterocycles. The van der Waals surface area contributed by atoms with E-state index in [1.54, 1.807) is 18.2 Å². The Bertz CT molecular complexity index is 634. The van der Waals surface area contributed by atoms with Crippen LogP contribution in [0.1, 0.15) is 11.1 Å². The largest absolute Gasteiger partial charge is 0.489 e. The molecule has 104 valence electrons. The van der Waals surface area contributed by atoms with E-state index < -0.39 is 10.7 Å². The van der Waals surface area contributed by atoms with Gasteiger partial charge in [0, 0.05) is 11.9 Å². The SMILES string of the molecule is O=[N+]([O-])c1cc(F)cc(COc2cccc(CCl)c2)c1. The summed E-state index contributed by atoms with van der Waals surface area (Å²) in [6, 6.07) is 10.5. The maximum absolute atomic E-state index is 13.3. The van der Waals surface area contributed by atoms with Gasteiger partial charge in [0.1, 0.15) is 18.2 Å². The zero-order valence-electron chi connectivity index (χ0n) is 10.4. The van der Waals surface area contributed by atoms with E-state index in [0.29, 0.717) is 17.2 Å². The second-order valence-corrected chi connectivity index (χ2v) is 4.41. The summed E-state index contributed by atoms with van der Waals surface area (Å²) in [5.41, 5.74) is 1.00. The normalized spacial score (nSPS) is 10.3. The molecule has 0 bridgehead atoms. The van der Waals surface area contributed by atoms with Crippen LogP contribution in [-0.2, 0) is 12.5 Å². The third-order valence-electron chi connectivity index (χ3n) is 2.61. The van der Waals surface area contributed by atoms with Crippen LogP contribution in [0, 0.1) is 15.9 Å². The van der Waals surface area contributed by atoms with E-state index >= 15 is 0 Å². The molecule has 0 fully saturated rings. The Morgan fingerprint density at radius 3 is 2.70 bits per heavy atom. The van der Waals surface area contributed by atoms with Gasteiger partial charge in [-0.05, 0) is 29.3 Å². The predicted molar refractivity (Wildman–Crippen MR) is 73.4 cm³/mol. The van der Waals surface area contributed by atoms with Crippen LogP contribution >= 0.6 is 11.6 Å². The molecular formula is C14H11ClFNO3. The van der Waals surface area contributed by atoms with Crippen LogP contribution in [0.4, 0.5) is 10.1 Å². The Morgan fingerprint density at radius 2 is 2.00 bits per heavy atom. The van der Waals surface area contributed by atoms with Crippen LogP contribution in [0.2, 0.25) is 0 Å². The fourth-order valence-electron chi connectivity index (χ4n) is 1.71. The molecule has 0 spiro atoms. The topological polar surface area (TPSA) is 52.4 Å². The summed E-state index contributed by atoms with van der Waals surface area (Å²) in [5, 5.41) is 10.6. The van der Waals surface area contributed by atoms with Gasteiger partial charge in [-0.25, -0.2) is 4.39 Å². The molecule has 0 aliphatic carbocycles. The van der Waals surface area contributed by atoms with Crippen molar-refractivity contribution < 1.29 is 14.1 Å². The summed E-state index contributed by atoms with van der Waals surface area (Å²) in [4.78, 5) is 10.0. The van der Waals surface area contributed by atoms with E-state index in [2.05, 4.69) is 0 Å². The van der Waals surface area contributed by atoms with E-state index in [1.807, 2.05) is 6.07 Å². The third-order valence-corrected chi connectivity index (χ3v) is 2.92. The molecule has 2 aromatic rings. The van der Waals surface area contributed by atoms with Crippen LogP contribution in [0.15, 0.2) is 42.5 Å². The van der Waals surface area contributed by atoms with Crippen molar-refractivity contribution in [3.63, 3.8) is 0 Å². The Balaban J connectivity index is 2.12. The van der Waals surface area contributed by atoms with Crippen molar-refractivity contribution in [1.29, 1.82) is 0 Å². The smallest absolute Gasteiger partial charge is 0.272 e. The molecule has 0 saturated heterocycles. The standard InChI is InChI=1S/C14H11ClFNO3/c15-8-10-2-1-3-14(6-10)20-9-11-4-12(16)7-13(5-11)17(18)19/h1-7H,8-9H2. The van der Waals surface area contributed by atoms with Crippen molar-refractivity contribution in [3.05, 3.63) is 69.5 Å². The van der Waals surface area contributed by atoms with Gasteiger partial charge in [-0.3, -0.25) is 10.1 Å². The van der Waals surface area contributed by atoms with E-state index in [-0.39, 0.29) is 12.3 Å². The van der Waals surface area contributed by atoms with Gasteiger partial charge in [0.05, 0.1) is 11.0 Å². The molecular weight excluding hydrogens is 285 g/mol. The molecule has 20 heavy (non-hydrogen) atoms. The van der Waals surface area contributed by atoms with Crippen molar-refractivity contribution >= 4 is 17.3 Å². The minimum atomic E-state index is -0.660. The van der Waals surface area contributed by atoms with Gasteiger partial charge < -0.3 is 4.74 Å². The second-order valence-electron chi connectivity index (χ2n) is 4.14. The summed E-state index contributed by atoms with van der Waals surface area (Å²) in [6.07, 6.45) is 0. The first-order valence-electron chi connectivity index (χ1n) is 5.80. The predicted octanol–water partition coefficient (Wildman–Crippen LogP) is 4.05. The first-order chi connectivity index (χ1) is 9.58. The van der Waals surface area contributed by atoms with Crippen molar-refractivity contribution in [1.82, 2.24) is 0 Å². The number of hydrogen-bond acceptors (Lipinski definition) is 3. The lowest BCUT2D eigenvalue weighted by Crippen LogP contribution is -1.98. The Labute approximate surface area is 119 Å². The number of non-ortho nitro benzene ring substituents is 1. The molecule has 0 N–H and O–H groups in total. The van der Waals surface area contributed by atoms with Gasteiger partial charge in [-0.2, -0.15) is 0 Å². The fourth-order valence-corrected chi connectivity index (χ4v) is 1.87. The highest BCUT2D eigenvalue weighted by Gasteiger charge is 2.10. The van der Waals surface area contributed by atoms with Crippen LogP contribution < -0.4 is 4.74 Å². The quantitative estimate of drug-likeness (QED) is 0.475. The highest BCUT2D eigenvalue weighted by atomic mass is 35.5. The zero-order valence-corrected chi connectivity index (χ0v) is 11.1. The first kappa shape index (κ1) is 14.3. The monoisotopic (exact) mass is 295 g/mol. The molecule has 0 unspecified atom stereocenters. The number of hydrogen-bond donors (Lipinski definition) is 0. The second kappa shape index (κ2) is 6.34. The van der Waals surface area contributed by atoms with Gasteiger partial charge in [0.25, 0.3) is 5.69 Å². The Morgan fingerprint density at radius 1 is 1.20 bits per heavy atom. The van der Waals surface area contributed by atoms with E-state index in [1.165, 1.54) is 12.1 Å². The van der Waals surface area contributed by atoms with E-state index in [4.69, 9.17) is 16.3 Å². The highest BCUT2D eigenvalue weighted by Crippen LogP contribution is 2.20. The van der Waals surface area contributed by atoms with Crippen LogP contribution in [0.5, 0.6) is 5.75 Å². The number of rotatable bonds is 5. The highest BCUT2D eigenvalue weighted by molar-refractivity contribution is 6.17. The first-order valence-corrected chi connectivity index (χ1v) is 6.33. The lowest BCUT2D eigenvalue weighted by atomic mass is 10.2. The number of nitrogens with zero attached hydrogens (tertiary/aromatic N) is 1. The Kier molecular flexibility index (Phi) is 4.53. The van der Waals surface area contributed by atoms with Gasteiger partial charge in [-0.15, -0.1) is 11.6 Å². The number of nitro groups is 1. The minimum Gasteiger partial charge on any atom is -0.489 e. The molecule has 0 saturated carbocycles. The van der Waals surface area contributed by atoms with Crippen molar-refractivity contribution in [3.8, 4) is 5.75 Å². The van der Waals surface area contributed by atoms with Crippen LogP contribution in [0.3, 0.4) is 0 Å². The molecule has 0 amide bonds. The maximum atomic E-state index is 13.3. The van der Waals surface area contributed by atoms with Gasteiger partial charge >= 0.3 is 0 Å². The average molecular weight is 296 g/mol. The molecule has 0 radical (unpaired) electrons. The number of benzene rings is 2. The molecule has 0 aromatic heterocycles. The minimum absolute atomic E-state index is 0.0460. The molecule has 6 heteroatoms. The number of halogens is 2. The summed E-state index contributed by atoms with van der Waals surface area (Å²) in [5.74, 6) is 0.283. The molecule has 4 nitrogen and oxygen atoms in total. The lowest BCUT2D eigenvalue weighted by molar-refractivity contribution is -0.385. The zero-order chi connectivity index (χ0) is 14.5. The van der Waals surface area contributed by atoms with Crippen LogP contribution in [-0.4, -0.2) is 4.92 Å². The molecule has 0 atom stereocenters. The van der Waals surface area contributed by atoms with Crippen molar-refractivity contribution in [2.75, 3.05) is 0 Å². The molecule has 2 aromatic carbocycles. The summed E-state index contributed by atoms with van der Waals surface area (Å²) in [6.45, 7) is 0.0460. The summed E-state index contributed by atoms with van der Waals surface area (Å²) in [7, 11) is 0. The van der Waals surface area contributed by atoms with Gasteiger partial charge in [0.15, 0.2) is 0 Å². The summed E-state index contributed by atoms with van der Waals surface area (Å²) >= 11 is 5.71. The maximum Gasteiger partial charge on any atom is 0.272 e. The molecule has 0 heterocycles. The number of alkyl halides is 1. The summed E-state index contributed by atoms with van der Waals surface area (Å²) < 4.78 is 18.7. The third kappa shape index (κ3) is 3.68. The lowest BCUT2D eigenvalue weighted by Gasteiger charge is -2.07. The number of ether oxygens (including phenoxy) is 1. The van der Waals surface area contributed by atoms with Crippen molar-refractivity contribution in [2.24, 2.45) is 0 Å². The molecule has 2 rings (SSSR count). The van der Waals surface area contributed by atoms with E-state index in [9.17, 15) is 14.5 Å². The van der Waals surface area contributed by atoms with Crippen molar-refractivity contribution in [2.45, 2.75) is 12.5 Å². The Hall–Kier alpha value is -2.14. The number of nitro benzene ring substituents is 1. The van der Waals surface area contributed by atoms with Gasteiger partial charge in [-0.1, -0.05) is 12.1 Å². The van der Waals surface area contributed by atoms with E-state index in [0.717, 1.165) is 11.6 Å². The van der Waals surface area contributed by atoms with Crippen LogP contribution in [0.25, 0.3) is 0 Å². The van der Waals surface area contributed by atoms with Gasteiger partial charge in [0.2, 0.25) is 0 Å².